The first-order chi connectivity index (χ1) is 11.7. The zero-order chi connectivity index (χ0) is 16.5. The van der Waals surface area contributed by atoms with Crippen LogP contribution in [0.5, 0.6) is 0 Å². The number of hydrogen-bond donors (Lipinski definition) is 1. The summed E-state index contributed by atoms with van der Waals surface area (Å²) in [4.78, 5) is 28.6. The van der Waals surface area contributed by atoms with Gasteiger partial charge in [0.15, 0.2) is 0 Å². The van der Waals surface area contributed by atoms with E-state index in [9.17, 15) is 9.59 Å². The zero-order valence-electron chi connectivity index (χ0n) is 12.7. The molecule has 6 nitrogen and oxygen atoms in total. The SMILES string of the molecule is O=C(NCc1cc2ccccn2c1)c1cc(=O)n2ccccc2n1. The third-order valence-corrected chi connectivity index (χ3v) is 3.82. The van der Waals surface area contributed by atoms with Crippen molar-refractivity contribution in [1.82, 2.24) is 19.1 Å². The minimum absolute atomic E-state index is 0.120. The summed E-state index contributed by atoms with van der Waals surface area (Å²) in [5, 5.41) is 2.81. The van der Waals surface area contributed by atoms with E-state index in [1.807, 2.05) is 41.1 Å². The molecule has 1 amide bonds. The molecular formula is C18H14N4O2. The van der Waals surface area contributed by atoms with Gasteiger partial charge >= 0.3 is 0 Å². The van der Waals surface area contributed by atoms with Crippen LogP contribution in [0.2, 0.25) is 0 Å². The Morgan fingerprint density at radius 3 is 2.79 bits per heavy atom. The summed E-state index contributed by atoms with van der Waals surface area (Å²) < 4.78 is 3.39. The van der Waals surface area contributed by atoms with Gasteiger partial charge in [0.2, 0.25) is 0 Å². The molecule has 0 spiro atoms. The van der Waals surface area contributed by atoms with Crippen LogP contribution in [0.3, 0.4) is 0 Å². The molecule has 0 bridgehead atoms. The Hall–Kier alpha value is -3.41. The van der Waals surface area contributed by atoms with Crippen molar-refractivity contribution < 1.29 is 4.79 Å². The summed E-state index contributed by atoms with van der Waals surface area (Å²) in [7, 11) is 0. The predicted molar refractivity (Wildman–Crippen MR) is 90.0 cm³/mol. The maximum absolute atomic E-state index is 12.3. The first kappa shape index (κ1) is 14.2. The predicted octanol–water partition coefficient (Wildman–Crippen LogP) is 1.88. The highest BCUT2D eigenvalue weighted by molar-refractivity contribution is 5.92. The number of carbonyl (C=O) groups is 1. The smallest absolute Gasteiger partial charge is 0.270 e. The molecule has 0 aliphatic heterocycles. The summed E-state index contributed by atoms with van der Waals surface area (Å²) in [5.74, 6) is -0.367. The number of nitrogens with one attached hydrogen (secondary N) is 1. The molecule has 0 atom stereocenters. The third-order valence-electron chi connectivity index (χ3n) is 3.82. The van der Waals surface area contributed by atoms with Gasteiger partial charge in [0.05, 0.1) is 0 Å². The van der Waals surface area contributed by atoms with E-state index in [1.54, 1.807) is 24.4 Å². The van der Waals surface area contributed by atoms with Crippen LogP contribution >= 0.6 is 0 Å². The molecule has 0 saturated carbocycles. The van der Waals surface area contributed by atoms with E-state index in [4.69, 9.17) is 0 Å². The monoisotopic (exact) mass is 318 g/mol. The Morgan fingerprint density at radius 1 is 1.08 bits per heavy atom. The van der Waals surface area contributed by atoms with E-state index in [1.165, 1.54) is 10.5 Å². The van der Waals surface area contributed by atoms with Crippen molar-refractivity contribution >= 4 is 17.1 Å². The molecule has 0 fully saturated rings. The minimum atomic E-state index is -0.367. The summed E-state index contributed by atoms with van der Waals surface area (Å²) in [6.07, 6.45) is 5.53. The van der Waals surface area contributed by atoms with Crippen molar-refractivity contribution in [1.29, 1.82) is 0 Å². The molecule has 0 saturated heterocycles. The lowest BCUT2D eigenvalue weighted by atomic mass is 10.3. The lowest BCUT2D eigenvalue weighted by Gasteiger charge is -2.05. The van der Waals surface area contributed by atoms with E-state index in [0.717, 1.165) is 11.1 Å². The van der Waals surface area contributed by atoms with Crippen LogP contribution in [0.1, 0.15) is 16.1 Å². The van der Waals surface area contributed by atoms with Crippen molar-refractivity contribution in [2.45, 2.75) is 6.54 Å². The van der Waals surface area contributed by atoms with E-state index < -0.39 is 0 Å². The van der Waals surface area contributed by atoms with Crippen molar-refractivity contribution in [3.05, 3.63) is 88.7 Å². The molecule has 4 aromatic rings. The summed E-state index contributed by atoms with van der Waals surface area (Å²) in [6, 6.07) is 14.4. The van der Waals surface area contributed by atoms with Crippen molar-refractivity contribution in [3.63, 3.8) is 0 Å². The fourth-order valence-corrected chi connectivity index (χ4v) is 2.65. The number of fused-ring (bicyclic) bond motifs is 2. The lowest BCUT2D eigenvalue weighted by molar-refractivity contribution is 0.0946. The standard InChI is InChI=1S/C18H14N4O2/c23-17-10-15(20-16-6-2-4-8-22(16)17)18(24)19-11-13-9-14-5-1-3-7-21(14)12-13/h1-10,12H,11H2,(H,19,24). The van der Waals surface area contributed by atoms with Crippen LogP contribution < -0.4 is 10.9 Å². The van der Waals surface area contributed by atoms with Gasteiger partial charge in [0, 0.05) is 36.7 Å². The largest absolute Gasteiger partial charge is 0.347 e. The molecule has 0 aliphatic rings. The molecule has 0 unspecified atom stereocenters. The number of pyridine rings is 2. The molecule has 24 heavy (non-hydrogen) atoms. The van der Waals surface area contributed by atoms with E-state index >= 15 is 0 Å². The minimum Gasteiger partial charge on any atom is -0.347 e. The highest BCUT2D eigenvalue weighted by Gasteiger charge is 2.10. The zero-order valence-corrected chi connectivity index (χ0v) is 12.7. The van der Waals surface area contributed by atoms with Gasteiger partial charge in [-0.1, -0.05) is 12.1 Å². The number of aromatic nitrogens is 3. The molecule has 0 radical (unpaired) electrons. The van der Waals surface area contributed by atoms with E-state index in [0.29, 0.717) is 12.2 Å². The van der Waals surface area contributed by atoms with Crippen LogP contribution in [0.15, 0.2) is 71.9 Å². The van der Waals surface area contributed by atoms with Gasteiger partial charge in [-0.15, -0.1) is 0 Å². The van der Waals surface area contributed by atoms with Gasteiger partial charge in [-0.2, -0.15) is 0 Å². The second kappa shape index (κ2) is 5.66. The molecule has 4 aromatic heterocycles. The fourth-order valence-electron chi connectivity index (χ4n) is 2.65. The number of nitrogens with zero attached hydrogens (tertiary/aromatic N) is 3. The van der Waals surface area contributed by atoms with Gasteiger partial charge < -0.3 is 9.72 Å². The Kier molecular flexibility index (Phi) is 3.35. The van der Waals surface area contributed by atoms with Crippen LogP contribution in [-0.2, 0) is 6.54 Å². The third kappa shape index (κ3) is 2.54. The molecule has 118 valence electrons. The lowest BCUT2D eigenvalue weighted by Crippen LogP contribution is -2.26. The van der Waals surface area contributed by atoms with Crippen molar-refractivity contribution in [2.24, 2.45) is 0 Å². The maximum atomic E-state index is 12.3. The summed E-state index contributed by atoms with van der Waals surface area (Å²) in [6.45, 7) is 0.371. The van der Waals surface area contributed by atoms with Gasteiger partial charge in [0.25, 0.3) is 11.5 Å². The molecule has 1 N–H and O–H groups in total. The Bertz CT molecular complexity index is 1080. The average molecular weight is 318 g/mol. The van der Waals surface area contributed by atoms with Crippen molar-refractivity contribution in [2.75, 3.05) is 0 Å². The topological polar surface area (TPSA) is 67.9 Å². The van der Waals surface area contributed by atoms with Gasteiger partial charge in [-0.05, 0) is 35.9 Å². The molecular weight excluding hydrogens is 304 g/mol. The second-order valence-corrected chi connectivity index (χ2v) is 5.47. The Balaban J connectivity index is 1.56. The van der Waals surface area contributed by atoms with E-state index in [2.05, 4.69) is 10.3 Å². The number of carbonyl (C=O) groups excluding carboxylic acids is 1. The van der Waals surface area contributed by atoms with Crippen molar-refractivity contribution in [3.8, 4) is 0 Å². The van der Waals surface area contributed by atoms with Crippen LogP contribution in [-0.4, -0.2) is 19.7 Å². The molecule has 4 heterocycles. The number of amides is 1. The molecule has 4 rings (SSSR count). The molecule has 6 heteroatoms. The van der Waals surface area contributed by atoms with Crippen LogP contribution in [0.25, 0.3) is 11.2 Å². The highest BCUT2D eigenvalue weighted by Crippen LogP contribution is 2.09. The normalized spacial score (nSPS) is 11.0. The first-order valence-corrected chi connectivity index (χ1v) is 7.53. The van der Waals surface area contributed by atoms with E-state index in [-0.39, 0.29) is 17.2 Å². The molecule has 0 aromatic carbocycles. The van der Waals surface area contributed by atoms with Gasteiger partial charge in [-0.25, -0.2) is 4.98 Å². The van der Waals surface area contributed by atoms with Crippen LogP contribution in [0.4, 0.5) is 0 Å². The van der Waals surface area contributed by atoms with Crippen LogP contribution in [0, 0.1) is 0 Å². The number of rotatable bonds is 3. The Labute approximate surface area is 137 Å². The van der Waals surface area contributed by atoms with Gasteiger partial charge in [-0.3, -0.25) is 14.0 Å². The number of hydrogen-bond acceptors (Lipinski definition) is 3. The van der Waals surface area contributed by atoms with Gasteiger partial charge in [0.1, 0.15) is 11.3 Å². The second-order valence-electron chi connectivity index (χ2n) is 5.47. The first-order valence-electron chi connectivity index (χ1n) is 7.53. The average Bonchev–Trinajstić information content (AvgIpc) is 3.02. The maximum Gasteiger partial charge on any atom is 0.270 e. The highest BCUT2D eigenvalue weighted by atomic mass is 16.2. The quantitative estimate of drug-likeness (QED) is 0.627. The Morgan fingerprint density at radius 2 is 1.92 bits per heavy atom. The summed E-state index contributed by atoms with van der Waals surface area (Å²) >= 11 is 0. The fraction of sp³-hybridized carbons (Fsp3) is 0.0556. The molecule has 0 aliphatic carbocycles. The summed E-state index contributed by atoms with van der Waals surface area (Å²) in [5.41, 5.74) is 2.33.